The third-order valence-electron chi connectivity index (χ3n) is 5.21. The number of hydrogen-bond acceptors (Lipinski definition) is 0. The van der Waals surface area contributed by atoms with Gasteiger partial charge in [0, 0.05) is 5.41 Å². The molecule has 2 aliphatic rings. The van der Waals surface area contributed by atoms with Gasteiger partial charge in [-0.1, -0.05) is 72.3 Å². The Morgan fingerprint density at radius 3 is 1.95 bits per heavy atom. The lowest BCUT2D eigenvalue weighted by molar-refractivity contribution is 0.229. The molecule has 2 aromatic carbocycles. The van der Waals surface area contributed by atoms with E-state index in [1.54, 1.807) is 5.57 Å². The van der Waals surface area contributed by atoms with Crippen molar-refractivity contribution in [2.24, 2.45) is 5.92 Å². The van der Waals surface area contributed by atoms with Gasteiger partial charge in [0.15, 0.2) is 0 Å². The largest absolute Gasteiger partial charge is 0.0850 e. The van der Waals surface area contributed by atoms with Crippen LogP contribution >= 0.6 is 0 Å². The van der Waals surface area contributed by atoms with Crippen LogP contribution in [-0.4, -0.2) is 0 Å². The first-order valence-corrected chi connectivity index (χ1v) is 7.71. The van der Waals surface area contributed by atoms with E-state index in [2.05, 4.69) is 66.7 Å². The van der Waals surface area contributed by atoms with Gasteiger partial charge in [-0.2, -0.15) is 0 Å². The molecule has 0 radical (unpaired) electrons. The highest BCUT2D eigenvalue weighted by Crippen LogP contribution is 2.59. The highest BCUT2D eigenvalue weighted by molar-refractivity contribution is 5.50. The molecule has 0 spiro atoms. The van der Waals surface area contributed by atoms with Gasteiger partial charge >= 0.3 is 0 Å². The zero-order valence-electron chi connectivity index (χ0n) is 11.8. The molecule has 0 aliphatic heterocycles. The molecule has 1 saturated carbocycles. The fraction of sp³-hybridized carbons (Fsp3) is 0.300. The number of fused-ring (bicyclic) bond motifs is 1. The Labute approximate surface area is 121 Å². The van der Waals surface area contributed by atoms with Gasteiger partial charge in [0.1, 0.15) is 0 Å². The minimum Gasteiger partial charge on any atom is -0.0850 e. The Kier molecular flexibility index (Phi) is 2.77. The topological polar surface area (TPSA) is 0 Å². The summed E-state index contributed by atoms with van der Waals surface area (Å²) in [4.78, 5) is 0. The van der Waals surface area contributed by atoms with E-state index in [9.17, 15) is 0 Å². The van der Waals surface area contributed by atoms with Crippen molar-refractivity contribution in [2.45, 2.75) is 31.1 Å². The normalized spacial score (nSPS) is 23.4. The maximum absolute atomic E-state index is 2.50. The highest BCUT2D eigenvalue weighted by Gasteiger charge is 2.52. The van der Waals surface area contributed by atoms with E-state index < -0.39 is 0 Å². The zero-order valence-corrected chi connectivity index (χ0v) is 11.8. The molecule has 0 unspecified atom stereocenters. The fourth-order valence-corrected chi connectivity index (χ4v) is 4.25. The molecule has 4 rings (SSSR count). The molecule has 0 heterocycles. The Bertz CT molecular complexity index is 582. The minimum absolute atomic E-state index is 0.231. The first-order chi connectivity index (χ1) is 9.91. The second kappa shape index (κ2) is 4.63. The average Bonchev–Trinajstić information content (AvgIpc) is 2.51. The lowest BCUT2D eigenvalue weighted by atomic mass is 9.49. The van der Waals surface area contributed by atoms with E-state index in [1.165, 1.54) is 36.8 Å². The molecule has 2 aliphatic carbocycles. The van der Waals surface area contributed by atoms with Crippen LogP contribution in [0.4, 0.5) is 0 Å². The third kappa shape index (κ3) is 1.61. The van der Waals surface area contributed by atoms with E-state index in [0.29, 0.717) is 0 Å². The number of allylic oxidation sites excluding steroid dienone is 2. The molecule has 0 aromatic heterocycles. The lowest BCUT2D eigenvalue weighted by Gasteiger charge is -2.54. The maximum Gasteiger partial charge on any atom is 0.0305 e. The smallest absolute Gasteiger partial charge is 0.0305 e. The summed E-state index contributed by atoms with van der Waals surface area (Å²) in [6.45, 7) is 0. The first-order valence-electron chi connectivity index (χ1n) is 7.71. The van der Waals surface area contributed by atoms with Crippen LogP contribution in [0.15, 0.2) is 72.3 Å². The van der Waals surface area contributed by atoms with Crippen LogP contribution in [0, 0.1) is 5.92 Å². The standard InChI is InChI=1S/C20H20/c1-3-10-17(11-4-1)20(18-12-5-2-6-13-18)15-16-9-7-8-14-19(16)20/h1-6,9-13,19H,7-8,14-15H2/t19-/m0/s1. The van der Waals surface area contributed by atoms with Crippen LogP contribution < -0.4 is 0 Å². The molecule has 0 nitrogen and oxygen atoms in total. The molecule has 0 N–H and O–H groups in total. The molecule has 0 amide bonds. The predicted octanol–water partition coefficient (Wildman–Crippen LogP) is 5.10. The molecule has 0 heteroatoms. The van der Waals surface area contributed by atoms with Gasteiger partial charge in [0.25, 0.3) is 0 Å². The predicted molar refractivity (Wildman–Crippen MR) is 83.7 cm³/mol. The summed E-state index contributed by atoms with van der Waals surface area (Å²) in [5, 5.41) is 0. The van der Waals surface area contributed by atoms with Crippen molar-refractivity contribution < 1.29 is 0 Å². The lowest BCUT2D eigenvalue weighted by Crippen LogP contribution is -2.48. The number of hydrogen-bond donors (Lipinski definition) is 0. The summed E-state index contributed by atoms with van der Waals surface area (Å²) >= 11 is 0. The molecular weight excluding hydrogens is 240 g/mol. The molecule has 0 saturated heterocycles. The van der Waals surface area contributed by atoms with Crippen LogP contribution in [0.2, 0.25) is 0 Å². The Balaban J connectivity index is 1.87. The van der Waals surface area contributed by atoms with Gasteiger partial charge < -0.3 is 0 Å². The van der Waals surface area contributed by atoms with Crippen molar-refractivity contribution in [1.82, 2.24) is 0 Å². The summed E-state index contributed by atoms with van der Waals surface area (Å²) in [6.07, 6.45) is 7.68. The van der Waals surface area contributed by atoms with E-state index >= 15 is 0 Å². The summed E-state index contributed by atoms with van der Waals surface area (Å²) in [7, 11) is 0. The van der Waals surface area contributed by atoms with Crippen molar-refractivity contribution in [1.29, 1.82) is 0 Å². The van der Waals surface area contributed by atoms with Crippen molar-refractivity contribution in [3.63, 3.8) is 0 Å². The minimum atomic E-state index is 0.231. The van der Waals surface area contributed by atoms with Crippen LogP contribution in [0.1, 0.15) is 36.8 Å². The maximum atomic E-state index is 2.50. The van der Waals surface area contributed by atoms with Gasteiger partial charge in [0.2, 0.25) is 0 Å². The Morgan fingerprint density at radius 1 is 0.800 bits per heavy atom. The second-order valence-corrected chi connectivity index (χ2v) is 6.14. The zero-order chi connectivity index (χ0) is 13.4. The first kappa shape index (κ1) is 12.0. The van der Waals surface area contributed by atoms with Gasteiger partial charge in [-0.15, -0.1) is 0 Å². The molecule has 0 bridgehead atoms. The van der Waals surface area contributed by atoms with E-state index in [1.807, 2.05) is 0 Å². The highest BCUT2D eigenvalue weighted by atomic mass is 14.5. The number of rotatable bonds is 2. The van der Waals surface area contributed by atoms with Crippen molar-refractivity contribution in [2.75, 3.05) is 0 Å². The van der Waals surface area contributed by atoms with Crippen LogP contribution in [0.5, 0.6) is 0 Å². The molecule has 20 heavy (non-hydrogen) atoms. The molecular formula is C20H20. The molecule has 1 atom stereocenters. The molecule has 1 fully saturated rings. The molecule has 100 valence electrons. The summed E-state index contributed by atoms with van der Waals surface area (Å²) in [5.74, 6) is 0.723. The van der Waals surface area contributed by atoms with Crippen molar-refractivity contribution >= 4 is 0 Å². The van der Waals surface area contributed by atoms with E-state index in [4.69, 9.17) is 0 Å². The van der Waals surface area contributed by atoms with E-state index in [-0.39, 0.29) is 5.41 Å². The van der Waals surface area contributed by atoms with Crippen molar-refractivity contribution in [3.05, 3.63) is 83.4 Å². The average molecular weight is 260 g/mol. The summed E-state index contributed by atoms with van der Waals surface area (Å²) in [5.41, 5.74) is 4.92. The Hall–Kier alpha value is -1.82. The quantitative estimate of drug-likeness (QED) is 0.659. The van der Waals surface area contributed by atoms with Gasteiger partial charge in [-0.25, -0.2) is 0 Å². The van der Waals surface area contributed by atoms with Gasteiger partial charge in [0.05, 0.1) is 0 Å². The second-order valence-electron chi connectivity index (χ2n) is 6.14. The number of benzene rings is 2. The van der Waals surface area contributed by atoms with Crippen LogP contribution in [0.3, 0.4) is 0 Å². The molecule has 2 aromatic rings. The van der Waals surface area contributed by atoms with E-state index in [0.717, 1.165) is 5.92 Å². The van der Waals surface area contributed by atoms with Crippen LogP contribution in [0.25, 0.3) is 0 Å². The van der Waals surface area contributed by atoms with Crippen LogP contribution in [-0.2, 0) is 5.41 Å². The van der Waals surface area contributed by atoms with Crippen molar-refractivity contribution in [3.8, 4) is 0 Å². The summed E-state index contributed by atoms with van der Waals surface area (Å²) in [6, 6.07) is 22.3. The van der Waals surface area contributed by atoms with Gasteiger partial charge in [-0.05, 0) is 42.7 Å². The SMILES string of the molecule is C1=C2CC(c3ccccc3)(c3ccccc3)[C@H]2CCC1. The monoisotopic (exact) mass is 260 g/mol. The third-order valence-corrected chi connectivity index (χ3v) is 5.21. The Morgan fingerprint density at radius 2 is 1.40 bits per heavy atom. The summed E-state index contributed by atoms with van der Waals surface area (Å²) < 4.78 is 0. The fourth-order valence-electron chi connectivity index (χ4n) is 4.25. The van der Waals surface area contributed by atoms with Gasteiger partial charge in [-0.3, -0.25) is 0 Å².